The summed E-state index contributed by atoms with van der Waals surface area (Å²) in [6.45, 7) is 1.67. The summed E-state index contributed by atoms with van der Waals surface area (Å²) < 4.78 is 5.59. The number of benzene rings is 1. The molecule has 1 aliphatic heterocycles. The molecular weight excluding hydrogens is 200 g/mol. The molecule has 1 atom stereocenters. The van der Waals surface area contributed by atoms with Gasteiger partial charge in [0.15, 0.2) is 0 Å². The highest BCUT2D eigenvalue weighted by Gasteiger charge is 2.19. The van der Waals surface area contributed by atoms with E-state index in [9.17, 15) is 0 Å². The summed E-state index contributed by atoms with van der Waals surface area (Å²) in [5.74, 6) is 0.992. The molecule has 0 bridgehead atoms. The molecule has 0 aliphatic carbocycles. The van der Waals surface area contributed by atoms with Gasteiger partial charge in [0.2, 0.25) is 0 Å². The summed E-state index contributed by atoms with van der Waals surface area (Å²) in [6, 6.07) is 10.7. The second-order valence-corrected chi connectivity index (χ2v) is 3.94. The first kappa shape index (κ1) is 11.0. The third kappa shape index (κ3) is 2.53. The minimum absolute atomic E-state index is 0.378. The predicted molar refractivity (Wildman–Crippen MR) is 62.1 cm³/mol. The van der Waals surface area contributed by atoms with Crippen LogP contribution in [0.1, 0.15) is 30.9 Å². The highest BCUT2D eigenvalue weighted by atomic mass is 16.5. The van der Waals surface area contributed by atoms with Crippen LogP contribution in [0.2, 0.25) is 0 Å². The van der Waals surface area contributed by atoms with Crippen LogP contribution in [0.3, 0.4) is 0 Å². The fraction of sp³-hybridized carbons (Fsp3) is 0.462. The largest absolute Gasteiger partial charge is 0.493 e. The van der Waals surface area contributed by atoms with Crippen molar-refractivity contribution in [1.82, 2.24) is 5.32 Å². The van der Waals surface area contributed by atoms with E-state index in [1.807, 2.05) is 18.2 Å². The van der Waals surface area contributed by atoms with E-state index in [1.165, 1.54) is 5.56 Å². The van der Waals surface area contributed by atoms with Gasteiger partial charge in [0.05, 0.1) is 12.7 Å². The molecule has 0 saturated carbocycles. The topological polar surface area (TPSA) is 45.0 Å². The Morgan fingerprint density at radius 2 is 2.31 bits per heavy atom. The first-order valence-electron chi connectivity index (χ1n) is 5.74. The van der Waals surface area contributed by atoms with E-state index in [0.717, 1.165) is 31.7 Å². The molecule has 0 fully saturated rings. The maximum atomic E-state index is 8.46. The molecule has 0 spiro atoms. The lowest BCUT2D eigenvalue weighted by Crippen LogP contribution is -2.27. The molecule has 0 radical (unpaired) electrons. The molecule has 1 heterocycles. The Balaban J connectivity index is 1.94. The summed E-state index contributed by atoms with van der Waals surface area (Å²) in [6.07, 6.45) is 2.54. The van der Waals surface area contributed by atoms with E-state index in [1.54, 1.807) is 0 Å². The van der Waals surface area contributed by atoms with Crippen molar-refractivity contribution < 1.29 is 4.74 Å². The molecule has 0 aromatic heterocycles. The highest BCUT2D eigenvalue weighted by molar-refractivity contribution is 5.37. The maximum absolute atomic E-state index is 8.46. The van der Waals surface area contributed by atoms with Crippen LogP contribution < -0.4 is 10.1 Å². The number of nitrogens with one attached hydrogen (secondary N) is 1. The van der Waals surface area contributed by atoms with Crippen LogP contribution in [0.25, 0.3) is 0 Å². The van der Waals surface area contributed by atoms with Crippen molar-refractivity contribution >= 4 is 0 Å². The van der Waals surface area contributed by atoms with Gasteiger partial charge in [0, 0.05) is 24.4 Å². The zero-order valence-corrected chi connectivity index (χ0v) is 9.28. The quantitative estimate of drug-likeness (QED) is 0.786. The predicted octanol–water partition coefficient (Wildman–Crippen LogP) is 2.40. The van der Waals surface area contributed by atoms with E-state index in [2.05, 4.69) is 17.5 Å². The lowest BCUT2D eigenvalue weighted by atomic mass is 10.0. The number of fused-ring (bicyclic) bond motifs is 1. The molecule has 1 N–H and O–H groups in total. The maximum Gasteiger partial charge on any atom is 0.124 e. The van der Waals surface area contributed by atoms with Gasteiger partial charge in [-0.3, -0.25) is 0 Å². The van der Waals surface area contributed by atoms with E-state index in [0.29, 0.717) is 12.5 Å². The number of ether oxygens (including phenoxy) is 1. The van der Waals surface area contributed by atoms with Crippen molar-refractivity contribution in [2.75, 3.05) is 13.2 Å². The SMILES string of the molecule is N#CCCCNC1CCOc2ccccc21. The normalized spacial score (nSPS) is 18.3. The Morgan fingerprint density at radius 1 is 1.44 bits per heavy atom. The Kier molecular flexibility index (Phi) is 3.79. The van der Waals surface area contributed by atoms with Crippen LogP contribution >= 0.6 is 0 Å². The van der Waals surface area contributed by atoms with Crippen molar-refractivity contribution in [3.05, 3.63) is 29.8 Å². The van der Waals surface area contributed by atoms with Gasteiger partial charge in [-0.1, -0.05) is 18.2 Å². The molecule has 16 heavy (non-hydrogen) atoms. The van der Waals surface area contributed by atoms with Gasteiger partial charge in [-0.15, -0.1) is 0 Å². The fourth-order valence-corrected chi connectivity index (χ4v) is 2.00. The van der Waals surface area contributed by atoms with Crippen molar-refractivity contribution in [3.63, 3.8) is 0 Å². The smallest absolute Gasteiger partial charge is 0.124 e. The van der Waals surface area contributed by atoms with Crippen LogP contribution in [0.5, 0.6) is 5.75 Å². The minimum Gasteiger partial charge on any atom is -0.493 e. The molecule has 0 amide bonds. The van der Waals surface area contributed by atoms with Crippen molar-refractivity contribution in [1.29, 1.82) is 5.26 Å². The summed E-state index contributed by atoms with van der Waals surface area (Å²) in [5.41, 5.74) is 1.24. The Morgan fingerprint density at radius 3 is 3.19 bits per heavy atom. The van der Waals surface area contributed by atoms with Gasteiger partial charge >= 0.3 is 0 Å². The third-order valence-electron chi connectivity index (χ3n) is 2.81. The van der Waals surface area contributed by atoms with Gasteiger partial charge in [0.1, 0.15) is 5.75 Å². The number of nitriles is 1. The molecule has 1 aliphatic rings. The van der Waals surface area contributed by atoms with Gasteiger partial charge < -0.3 is 10.1 Å². The molecule has 1 unspecified atom stereocenters. The molecule has 3 heteroatoms. The summed E-state index contributed by atoms with van der Waals surface area (Å²) in [4.78, 5) is 0. The summed E-state index contributed by atoms with van der Waals surface area (Å²) >= 11 is 0. The molecule has 1 aromatic carbocycles. The van der Waals surface area contributed by atoms with Crippen molar-refractivity contribution in [3.8, 4) is 11.8 Å². The van der Waals surface area contributed by atoms with Crippen molar-refractivity contribution in [2.45, 2.75) is 25.3 Å². The Bertz CT molecular complexity index is 384. The summed E-state index contributed by atoms with van der Waals surface area (Å²) in [7, 11) is 0. The average Bonchev–Trinajstić information content (AvgIpc) is 2.35. The van der Waals surface area contributed by atoms with Gasteiger partial charge in [-0.2, -0.15) is 5.26 Å². The molecule has 3 nitrogen and oxygen atoms in total. The molecule has 0 saturated heterocycles. The lowest BCUT2D eigenvalue weighted by Gasteiger charge is -2.26. The Hall–Kier alpha value is -1.53. The third-order valence-corrected chi connectivity index (χ3v) is 2.81. The first-order chi connectivity index (χ1) is 7.92. The zero-order valence-electron chi connectivity index (χ0n) is 9.28. The average molecular weight is 216 g/mol. The van der Waals surface area contributed by atoms with Gasteiger partial charge in [0.25, 0.3) is 0 Å². The number of hydrogen-bond donors (Lipinski definition) is 1. The minimum atomic E-state index is 0.378. The van der Waals surface area contributed by atoms with Gasteiger partial charge in [-0.05, 0) is 19.0 Å². The van der Waals surface area contributed by atoms with Gasteiger partial charge in [-0.25, -0.2) is 0 Å². The number of hydrogen-bond acceptors (Lipinski definition) is 3. The summed E-state index contributed by atoms with van der Waals surface area (Å²) in [5, 5.41) is 11.9. The molecule has 1 aromatic rings. The molecule has 84 valence electrons. The van der Waals surface area contributed by atoms with Crippen LogP contribution in [-0.2, 0) is 0 Å². The number of nitrogens with zero attached hydrogens (tertiary/aromatic N) is 1. The fourth-order valence-electron chi connectivity index (χ4n) is 2.00. The standard InChI is InChI=1S/C13H16N2O/c14-8-3-4-9-15-12-7-10-16-13-6-2-1-5-11(12)13/h1-2,5-6,12,15H,3-4,7,9-10H2. The lowest BCUT2D eigenvalue weighted by molar-refractivity contribution is 0.253. The van der Waals surface area contributed by atoms with Crippen LogP contribution in [0.4, 0.5) is 0 Å². The van der Waals surface area contributed by atoms with E-state index in [4.69, 9.17) is 10.00 Å². The zero-order chi connectivity index (χ0) is 11.2. The van der Waals surface area contributed by atoms with E-state index in [-0.39, 0.29) is 0 Å². The van der Waals surface area contributed by atoms with Crippen LogP contribution in [-0.4, -0.2) is 13.2 Å². The van der Waals surface area contributed by atoms with Crippen LogP contribution in [0, 0.1) is 11.3 Å². The second-order valence-electron chi connectivity index (χ2n) is 3.94. The van der Waals surface area contributed by atoms with E-state index >= 15 is 0 Å². The molecule has 2 rings (SSSR count). The Labute approximate surface area is 96.0 Å². The van der Waals surface area contributed by atoms with E-state index < -0.39 is 0 Å². The molecular formula is C13H16N2O. The first-order valence-corrected chi connectivity index (χ1v) is 5.74. The monoisotopic (exact) mass is 216 g/mol. The second kappa shape index (κ2) is 5.53. The number of para-hydroxylation sites is 1. The highest BCUT2D eigenvalue weighted by Crippen LogP contribution is 2.31. The number of rotatable bonds is 4. The van der Waals surface area contributed by atoms with Crippen LogP contribution in [0.15, 0.2) is 24.3 Å². The van der Waals surface area contributed by atoms with Crippen molar-refractivity contribution in [2.24, 2.45) is 0 Å². The number of unbranched alkanes of at least 4 members (excludes halogenated alkanes) is 1.